The van der Waals surface area contributed by atoms with Crippen molar-refractivity contribution in [2.24, 2.45) is 5.84 Å². The molecule has 0 fully saturated rings. The molecule has 0 aliphatic heterocycles. The smallest absolute Gasteiger partial charge is 0.0948 e. The zero-order valence-electron chi connectivity index (χ0n) is 11.9. The topological polar surface area (TPSA) is 50.9 Å². The first-order valence-corrected chi connectivity index (χ1v) is 8.12. The molecule has 0 aliphatic carbocycles. The van der Waals surface area contributed by atoms with E-state index in [4.69, 9.17) is 10.8 Å². The van der Waals surface area contributed by atoms with Gasteiger partial charge >= 0.3 is 0 Å². The predicted molar refractivity (Wildman–Crippen MR) is 83.6 cm³/mol. The second-order valence-electron chi connectivity index (χ2n) is 5.77. The number of rotatable bonds is 4. The van der Waals surface area contributed by atoms with Gasteiger partial charge in [-0.2, -0.15) is 0 Å². The number of nitrogens with two attached hydrogens (primary N) is 1. The molecule has 0 spiro atoms. The zero-order chi connectivity index (χ0) is 14.0. The van der Waals surface area contributed by atoms with Crippen LogP contribution in [0.3, 0.4) is 0 Å². The number of nitrogens with one attached hydrogen (secondary N) is 1. The van der Waals surface area contributed by atoms with Crippen molar-refractivity contribution in [3.05, 3.63) is 38.0 Å². The second kappa shape index (κ2) is 5.71. The molecule has 0 radical (unpaired) electrons. The Bertz CT molecular complexity index is 537. The SMILES string of the molecule is Cc1ccsc1C(Cc1nc(C(C)(C)C)cs1)NN. The number of nitrogens with zero attached hydrogens (tertiary/aromatic N) is 1. The van der Waals surface area contributed by atoms with Crippen molar-refractivity contribution in [1.82, 2.24) is 10.4 Å². The van der Waals surface area contributed by atoms with Crippen LogP contribution in [-0.4, -0.2) is 4.98 Å². The molecule has 0 amide bonds. The predicted octanol–water partition coefficient (Wildman–Crippen LogP) is 3.56. The van der Waals surface area contributed by atoms with Crippen LogP contribution in [0.4, 0.5) is 0 Å². The number of thiophene rings is 1. The molecule has 3 nitrogen and oxygen atoms in total. The lowest BCUT2D eigenvalue weighted by Gasteiger charge is -2.15. The third kappa shape index (κ3) is 3.42. The largest absolute Gasteiger partial charge is 0.271 e. The molecule has 0 saturated carbocycles. The molecule has 0 aliphatic rings. The van der Waals surface area contributed by atoms with Crippen molar-refractivity contribution < 1.29 is 0 Å². The summed E-state index contributed by atoms with van der Waals surface area (Å²) in [6.45, 7) is 8.69. The van der Waals surface area contributed by atoms with Gasteiger partial charge in [0.05, 0.1) is 16.7 Å². The average Bonchev–Trinajstić information content (AvgIpc) is 2.94. The van der Waals surface area contributed by atoms with Crippen LogP contribution in [0.1, 0.15) is 48.0 Å². The Morgan fingerprint density at radius 1 is 1.37 bits per heavy atom. The van der Waals surface area contributed by atoms with Gasteiger partial charge in [-0.05, 0) is 23.9 Å². The monoisotopic (exact) mass is 295 g/mol. The molecule has 0 aromatic carbocycles. The van der Waals surface area contributed by atoms with E-state index in [2.05, 4.69) is 49.9 Å². The highest BCUT2D eigenvalue weighted by Gasteiger charge is 2.20. The summed E-state index contributed by atoms with van der Waals surface area (Å²) in [5, 5.41) is 5.41. The van der Waals surface area contributed by atoms with E-state index in [1.165, 1.54) is 10.4 Å². The van der Waals surface area contributed by atoms with Gasteiger partial charge in [0, 0.05) is 22.1 Å². The van der Waals surface area contributed by atoms with Gasteiger partial charge in [0.2, 0.25) is 0 Å². The Labute approximate surface area is 122 Å². The van der Waals surface area contributed by atoms with Crippen LogP contribution in [0.15, 0.2) is 16.8 Å². The van der Waals surface area contributed by atoms with Crippen LogP contribution in [-0.2, 0) is 11.8 Å². The van der Waals surface area contributed by atoms with E-state index in [0.717, 1.165) is 17.1 Å². The maximum absolute atomic E-state index is 5.71. The summed E-state index contributed by atoms with van der Waals surface area (Å²) < 4.78 is 0. The highest BCUT2D eigenvalue weighted by Crippen LogP contribution is 2.29. The minimum Gasteiger partial charge on any atom is -0.271 e. The Morgan fingerprint density at radius 3 is 2.58 bits per heavy atom. The summed E-state index contributed by atoms with van der Waals surface area (Å²) in [4.78, 5) is 6.04. The summed E-state index contributed by atoms with van der Waals surface area (Å²) >= 11 is 3.47. The summed E-state index contributed by atoms with van der Waals surface area (Å²) in [7, 11) is 0. The van der Waals surface area contributed by atoms with Crippen LogP contribution in [0.5, 0.6) is 0 Å². The van der Waals surface area contributed by atoms with E-state index in [9.17, 15) is 0 Å². The Balaban J connectivity index is 2.16. The summed E-state index contributed by atoms with van der Waals surface area (Å²) in [5.41, 5.74) is 5.48. The summed E-state index contributed by atoms with van der Waals surface area (Å²) in [5.74, 6) is 5.71. The van der Waals surface area contributed by atoms with Gasteiger partial charge in [0.25, 0.3) is 0 Å². The molecule has 2 aromatic rings. The molecule has 0 bridgehead atoms. The molecule has 3 N–H and O–H groups in total. The molecule has 1 atom stereocenters. The molecular formula is C14H21N3S2. The van der Waals surface area contributed by atoms with Gasteiger partial charge < -0.3 is 0 Å². The van der Waals surface area contributed by atoms with Crippen molar-refractivity contribution >= 4 is 22.7 Å². The molecule has 2 heterocycles. The quantitative estimate of drug-likeness (QED) is 0.670. The number of hydrogen-bond acceptors (Lipinski definition) is 5. The minimum atomic E-state index is 0.110. The van der Waals surface area contributed by atoms with Crippen LogP contribution in [0, 0.1) is 6.92 Å². The van der Waals surface area contributed by atoms with E-state index in [0.29, 0.717) is 0 Å². The van der Waals surface area contributed by atoms with Gasteiger partial charge in [-0.3, -0.25) is 11.3 Å². The summed E-state index contributed by atoms with van der Waals surface area (Å²) in [6.07, 6.45) is 0.846. The fourth-order valence-corrected chi connectivity index (χ4v) is 3.95. The fourth-order valence-electron chi connectivity index (χ4n) is 1.89. The molecule has 5 heteroatoms. The maximum atomic E-state index is 5.71. The van der Waals surface area contributed by atoms with Crippen molar-refractivity contribution in [3.63, 3.8) is 0 Å². The van der Waals surface area contributed by atoms with Crippen molar-refractivity contribution in [2.45, 2.75) is 45.6 Å². The van der Waals surface area contributed by atoms with Crippen LogP contribution >= 0.6 is 22.7 Å². The number of aryl methyl sites for hydroxylation is 1. The minimum absolute atomic E-state index is 0.110. The van der Waals surface area contributed by atoms with E-state index >= 15 is 0 Å². The van der Waals surface area contributed by atoms with Gasteiger partial charge in [0.1, 0.15) is 0 Å². The van der Waals surface area contributed by atoms with Gasteiger partial charge in [0.15, 0.2) is 0 Å². The number of aromatic nitrogens is 1. The zero-order valence-corrected chi connectivity index (χ0v) is 13.5. The normalized spacial score (nSPS) is 13.7. The lowest BCUT2D eigenvalue weighted by molar-refractivity contribution is 0.545. The number of thiazole rings is 1. The Kier molecular flexibility index (Phi) is 4.40. The first-order chi connectivity index (χ1) is 8.91. The lowest BCUT2D eigenvalue weighted by atomic mass is 9.93. The fraction of sp³-hybridized carbons (Fsp3) is 0.500. The third-order valence-corrected chi connectivity index (χ3v) is 5.12. The molecule has 2 aromatic heterocycles. The Hall–Kier alpha value is -0.750. The van der Waals surface area contributed by atoms with E-state index in [1.807, 2.05) is 0 Å². The van der Waals surface area contributed by atoms with Gasteiger partial charge in [-0.25, -0.2) is 4.98 Å². The highest BCUT2D eigenvalue weighted by atomic mass is 32.1. The molecule has 2 rings (SSSR count). The van der Waals surface area contributed by atoms with Gasteiger partial charge in [-0.1, -0.05) is 20.8 Å². The third-order valence-electron chi connectivity index (χ3n) is 3.12. The van der Waals surface area contributed by atoms with E-state index in [1.54, 1.807) is 22.7 Å². The van der Waals surface area contributed by atoms with Crippen molar-refractivity contribution in [3.8, 4) is 0 Å². The number of hydrogen-bond donors (Lipinski definition) is 2. The number of hydrazine groups is 1. The first-order valence-electron chi connectivity index (χ1n) is 6.37. The van der Waals surface area contributed by atoms with E-state index in [-0.39, 0.29) is 11.5 Å². The average molecular weight is 295 g/mol. The Morgan fingerprint density at radius 2 is 2.11 bits per heavy atom. The standard InChI is InChI=1S/C14H21N3S2/c1-9-5-6-18-13(9)10(17-15)7-12-16-11(8-19-12)14(2,3)4/h5-6,8,10,17H,7,15H2,1-4H3. The maximum Gasteiger partial charge on any atom is 0.0948 e. The van der Waals surface area contributed by atoms with Crippen LogP contribution in [0.2, 0.25) is 0 Å². The summed E-state index contributed by atoms with van der Waals surface area (Å²) in [6, 6.07) is 2.28. The van der Waals surface area contributed by atoms with Crippen molar-refractivity contribution in [2.75, 3.05) is 0 Å². The van der Waals surface area contributed by atoms with Crippen LogP contribution in [0.25, 0.3) is 0 Å². The molecule has 0 saturated heterocycles. The molecule has 104 valence electrons. The molecule has 1 unspecified atom stereocenters. The molecule has 19 heavy (non-hydrogen) atoms. The van der Waals surface area contributed by atoms with Crippen molar-refractivity contribution in [1.29, 1.82) is 0 Å². The second-order valence-corrected chi connectivity index (χ2v) is 7.66. The van der Waals surface area contributed by atoms with Gasteiger partial charge in [-0.15, -0.1) is 22.7 Å². The molecular weight excluding hydrogens is 274 g/mol. The first kappa shape index (κ1) is 14.7. The highest BCUT2D eigenvalue weighted by molar-refractivity contribution is 7.10. The van der Waals surface area contributed by atoms with Crippen LogP contribution < -0.4 is 11.3 Å². The lowest BCUT2D eigenvalue weighted by Crippen LogP contribution is -2.29. The van der Waals surface area contributed by atoms with E-state index < -0.39 is 0 Å².